The molecule has 0 aliphatic carbocycles. The van der Waals surface area contributed by atoms with Crippen molar-refractivity contribution in [3.8, 4) is 11.5 Å². The summed E-state index contributed by atoms with van der Waals surface area (Å²) >= 11 is 0. The quantitative estimate of drug-likeness (QED) is 0.860. The highest BCUT2D eigenvalue weighted by Crippen LogP contribution is 2.38. The largest absolute Gasteiger partial charge is 0.493 e. The van der Waals surface area contributed by atoms with E-state index in [0.717, 1.165) is 5.56 Å². The molecule has 126 valence electrons. The number of rotatable bonds is 5. The number of methoxy groups -OCH3 is 1. The molecule has 1 unspecified atom stereocenters. The van der Waals surface area contributed by atoms with Gasteiger partial charge in [-0.3, -0.25) is 4.79 Å². The van der Waals surface area contributed by atoms with Crippen molar-refractivity contribution in [2.24, 2.45) is 5.73 Å². The lowest BCUT2D eigenvalue weighted by atomic mass is 9.95. The van der Waals surface area contributed by atoms with Crippen molar-refractivity contribution in [3.05, 3.63) is 41.4 Å². The average molecular weight is 329 g/mol. The molecule has 8 heteroatoms. The van der Waals surface area contributed by atoms with Crippen LogP contribution in [-0.4, -0.2) is 34.4 Å². The van der Waals surface area contributed by atoms with Gasteiger partial charge in [-0.2, -0.15) is 10.1 Å². The van der Waals surface area contributed by atoms with Gasteiger partial charge in [0.05, 0.1) is 19.3 Å². The van der Waals surface area contributed by atoms with Crippen molar-refractivity contribution in [2.75, 3.05) is 19.0 Å². The molecular weight excluding hydrogens is 310 g/mol. The van der Waals surface area contributed by atoms with Crippen molar-refractivity contribution in [1.82, 2.24) is 14.8 Å². The summed E-state index contributed by atoms with van der Waals surface area (Å²) in [5, 5.41) is 7.27. The van der Waals surface area contributed by atoms with Crippen LogP contribution in [-0.2, 0) is 4.79 Å². The summed E-state index contributed by atoms with van der Waals surface area (Å²) in [5.41, 5.74) is 7.50. The molecule has 1 aromatic heterocycles. The third kappa shape index (κ3) is 2.55. The fourth-order valence-corrected chi connectivity index (χ4v) is 2.85. The van der Waals surface area contributed by atoms with E-state index < -0.39 is 11.9 Å². The molecule has 1 aliphatic heterocycles. The maximum atomic E-state index is 12.0. The van der Waals surface area contributed by atoms with Gasteiger partial charge in [0.2, 0.25) is 11.9 Å². The number of anilines is 1. The Labute approximate surface area is 139 Å². The van der Waals surface area contributed by atoms with Gasteiger partial charge >= 0.3 is 0 Å². The monoisotopic (exact) mass is 329 g/mol. The van der Waals surface area contributed by atoms with E-state index in [4.69, 9.17) is 15.2 Å². The van der Waals surface area contributed by atoms with Crippen LogP contribution in [0.3, 0.4) is 0 Å². The number of fused-ring (bicyclic) bond motifs is 1. The number of nitrogens with one attached hydrogen (secondary N) is 1. The maximum Gasteiger partial charge on any atom is 0.248 e. The van der Waals surface area contributed by atoms with E-state index >= 15 is 0 Å². The van der Waals surface area contributed by atoms with E-state index in [0.29, 0.717) is 35.3 Å². The molecule has 2 heterocycles. The molecule has 0 radical (unpaired) electrons. The number of benzene rings is 1. The summed E-state index contributed by atoms with van der Waals surface area (Å²) < 4.78 is 12.6. The Morgan fingerprint density at radius 1 is 1.42 bits per heavy atom. The normalized spacial score (nSPS) is 16.4. The third-order valence-corrected chi connectivity index (χ3v) is 3.86. The fraction of sp³-hybridized carbons (Fsp3) is 0.312. The molecule has 3 rings (SSSR count). The topological polar surface area (TPSA) is 104 Å². The van der Waals surface area contributed by atoms with Gasteiger partial charge in [-0.1, -0.05) is 6.07 Å². The highest BCUT2D eigenvalue weighted by atomic mass is 16.5. The van der Waals surface area contributed by atoms with Crippen LogP contribution in [0.4, 0.5) is 5.95 Å². The van der Waals surface area contributed by atoms with E-state index in [1.807, 2.05) is 19.1 Å². The molecule has 1 atom stereocenters. The van der Waals surface area contributed by atoms with Gasteiger partial charge in [-0.05, 0) is 31.5 Å². The molecule has 1 aliphatic rings. The van der Waals surface area contributed by atoms with Gasteiger partial charge in [-0.15, -0.1) is 0 Å². The fourth-order valence-electron chi connectivity index (χ4n) is 2.85. The molecule has 0 saturated carbocycles. The second-order valence-electron chi connectivity index (χ2n) is 5.30. The summed E-state index contributed by atoms with van der Waals surface area (Å²) in [4.78, 5) is 16.2. The molecular formula is C16H19N5O3. The van der Waals surface area contributed by atoms with E-state index in [1.165, 1.54) is 6.33 Å². The minimum Gasteiger partial charge on any atom is -0.493 e. The van der Waals surface area contributed by atoms with Crippen molar-refractivity contribution >= 4 is 11.9 Å². The Hall–Kier alpha value is -3.03. The van der Waals surface area contributed by atoms with Crippen LogP contribution in [0.15, 0.2) is 35.8 Å². The Morgan fingerprint density at radius 2 is 2.21 bits per heavy atom. The standard InChI is InChI=1S/C16H19N5O3/c1-4-24-12-7-10(5-6-11(12)23-3)14-13(15(17)22)9(2)20-16-18-8-19-21(14)16/h5-8,14H,4H2,1-3H3,(H2,17,22)(H,18,19,20). The van der Waals surface area contributed by atoms with Gasteiger partial charge in [0.1, 0.15) is 12.4 Å². The van der Waals surface area contributed by atoms with Crippen LogP contribution >= 0.6 is 0 Å². The highest BCUT2D eigenvalue weighted by molar-refractivity contribution is 5.95. The van der Waals surface area contributed by atoms with E-state index in [2.05, 4.69) is 15.4 Å². The molecule has 0 bridgehead atoms. The van der Waals surface area contributed by atoms with Crippen LogP contribution in [0.25, 0.3) is 0 Å². The third-order valence-electron chi connectivity index (χ3n) is 3.86. The maximum absolute atomic E-state index is 12.0. The highest BCUT2D eigenvalue weighted by Gasteiger charge is 2.32. The molecule has 0 saturated heterocycles. The summed E-state index contributed by atoms with van der Waals surface area (Å²) in [6.07, 6.45) is 1.43. The van der Waals surface area contributed by atoms with Gasteiger partial charge < -0.3 is 20.5 Å². The number of primary amides is 1. The van der Waals surface area contributed by atoms with Crippen LogP contribution in [0, 0.1) is 0 Å². The summed E-state index contributed by atoms with van der Waals surface area (Å²) in [6.45, 7) is 4.18. The lowest BCUT2D eigenvalue weighted by Gasteiger charge is -2.28. The van der Waals surface area contributed by atoms with Crippen molar-refractivity contribution in [3.63, 3.8) is 0 Å². The average Bonchev–Trinajstić information content (AvgIpc) is 3.01. The zero-order valence-electron chi connectivity index (χ0n) is 13.7. The number of hydrogen-bond acceptors (Lipinski definition) is 6. The van der Waals surface area contributed by atoms with Crippen molar-refractivity contribution in [1.29, 1.82) is 0 Å². The van der Waals surface area contributed by atoms with Gasteiger partial charge in [0.15, 0.2) is 11.5 Å². The minimum atomic E-state index is -0.514. The number of aromatic nitrogens is 3. The molecule has 0 spiro atoms. The smallest absolute Gasteiger partial charge is 0.248 e. The van der Waals surface area contributed by atoms with Crippen molar-refractivity contribution in [2.45, 2.75) is 19.9 Å². The second kappa shape index (κ2) is 6.23. The van der Waals surface area contributed by atoms with E-state index in [9.17, 15) is 4.79 Å². The second-order valence-corrected chi connectivity index (χ2v) is 5.30. The Balaban J connectivity index is 2.16. The van der Waals surface area contributed by atoms with Gasteiger partial charge in [-0.25, -0.2) is 4.68 Å². The number of carbonyl (C=O) groups excluding carboxylic acids is 1. The lowest BCUT2D eigenvalue weighted by molar-refractivity contribution is -0.115. The molecule has 24 heavy (non-hydrogen) atoms. The molecule has 1 amide bonds. The first-order valence-corrected chi connectivity index (χ1v) is 7.54. The predicted molar refractivity (Wildman–Crippen MR) is 87.8 cm³/mol. The number of ether oxygens (including phenoxy) is 2. The molecule has 8 nitrogen and oxygen atoms in total. The SMILES string of the molecule is CCOc1cc(C2C(C(N)=O)=C(C)Nc3ncnn32)ccc1OC. The Kier molecular flexibility index (Phi) is 4.11. The minimum absolute atomic E-state index is 0.431. The molecule has 2 aromatic rings. The first kappa shape index (κ1) is 15.9. The lowest BCUT2D eigenvalue weighted by Crippen LogP contribution is -2.31. The zero-order valence-corrected chi connectivity index (χ0v) is 13.7. The van der Waals surface area contributed by atoms with E-state index in [-0.39, 0.29) is 0 Å². The number of hydrogen-bond donors (Lipinski definition) is 2. The Bertz CT molecular complexity index is 812. The zero-order chi connectivity index (χ0) is 17.3. The van der Waals surface area contributed by atoms with Crippen LogP contribution in [0.2, 0.25) is 0 Å². The number of nitrogens with two attached hydrogens (primary N) is 1. The predicted octanol–water partition coefficient (Wildman–Crippen LogP) is 1.46. The molecule has 0 fully saturated rings. The number of carbonyl (C=O) groups is 1. The van der Waals surface area contributed by atoms with Crippen LogP contribution in [0.5, 0.6) is 11.5 Å². The molecule has 1 aromatic carbocycles. The Morgan fingerprint density at radius 3 is 2.88 bits per heavy atom. The summed E-state index contributed by atoms with van der Waals surface area (Å²) in [5.74, 6) is 1.25. The summed E-state index contributed by atoms with van der Waals surface area (Å²) in [7, 11) is 1.58. The van der Waals surface area contributed by atoms with Crippen LogP contribution < -0.4 is 20.5 Å². The van der Waals surface area contributed by atoms with Crippen LogP contribution in [0.1, 0.15) is 25.5 Å². The number of nitrogens with zero attached hydrogens (tertiary/aromatic N) is 3. The van der Waals surface area contributed by atoms with Gasteiger partial charge in [0.25, 0.3) is 0 Å². The number of amides is 1. The van der Waals surface area contributed by atoms with Crippen molar-refractivity contribution < 1.29 is 14.3 Å². The first-order chi connectivity index (χ1) is 11.6. The summed E-state index contributed by atoms with van der Waals surface area (Å²) in [6, 6.07) is 5.01. The number of allylic oxidation sites excluding steroid dienone is 1. The van der Waals surface area contributed by atoms with Gasteiger partial charge in [0, 0.05) is 5.70 Å². The first-order valence-electron chi connectivity index (χ1n) is 7.54. The molecule has 3 N–H and O–H groups in total. The van der Waals surface area contributed by atoms with E-state index in [1.54, 1.807) is 24.8 Å².